The lowest BCUT2D eigenvalue weighted by Crippen LogP contribution is -2.19. The molecule has 1 aliphatic carbocycles. The third-order valence-electron chi connectivity index (χ3n) is 3.17. The molecule has 0 amide bonds. The summed E-state index contributed by atoms with van der Waals surface area (Å²) in [6.07, 6.45) is 8.26. The Hall–Kier alpha value is -0.870. The Morgan fingerprint density at radius 2 is 2.44 bits per heavy atom. The van der Waals surface area contributed by atoms with E-state index < -0.39 is 0 Å². The largest absolute Gasteiger partial charge is 0.383 e. The summed E-state index contributed by atoms with van der Waals surface area (Å²) >= 11 is 0. The lowest BCUT2D eigenvalue weighted by atomic mass is 9.85. The number of nitrogens with zero attached hydrogens (tertiary/aromatic N) is 2. The molecule has 16 heavy (non-hydrogen) atoms. The molecular weight excluding hydrogens is 202 g/mol. The van der Waals surface area contributed by atoms with E-state index in [1.807, 2.05) is 6.20 Å². The minimum absolute atomic E-state index is 0.760. The van der Waals surface area contributed by atoms with Crippen molar-refractivity contribution in [3.05, 3.63) is 18.0 Å². The highest BCUT2D eigenvalue weighted by molar-refractivity contribution is 5.03. The summed E-state index contributed by atoms with van der Waals surface area (Å²) in [4.78, 5) is 0. The normalized spacial score (nSPS) is 16.3. The van der Waals surface area contributed by atoms with E-state index in [1.54, 1.807) is 7.11 Å². The molecule has 0 spiro atoms. The Balaban J connectivity index is 1.69. The van der Waals surface area contributed by atoms with E-state index in [-0.39, 0.29) is 0 Å². The maximum Gasteiger partial charge on any atom is 0.0587 e. The Kier molecular flexibility index (Phi) is 4.36. The van der Waals surface area contributed by atoms with Gasteiger partial charge in [-0.2, -0.15) is 5.10 Å². The second kappa shape index (κ2) is 6.01. The first-order valence-electron chi connectivity index (χ1n) is 6.09. The monoisotopic (exact) mass is 223 g/mol. The van der Waals surface area contributed by atoms with E-state index in [1.165, 1.54) is 24.8 Å². The van der Waals surface area contributed by atoms with Crippen LogP contribution >= 0.6 is 0 Å². The van der Waals surface area contributed by atoms with Gasteiger partial charge in [0, 0.05) is 38.5 Å². The fourth-order valence-electron chi connectivity index (χ4n) is 1.94. The minimum Gasteiger partial charge on any atom is -0.383 e. The van der Waals surface area contributed by atoms with Crippen molar-refractivity contribution in [2.24, 2.45) is 5.92 Å². The van der Waals surface area contributed by atoms with Gasteiger partial charge in [0.05, 0.1) is 12.8 Å². The van der Waals surface area contributed by atoms with Gasteiger partial charge in [-0.15, -0.1) is 0 Å². The zero-order valence-corrected chi connectivity index (χ0v) is 9.98. The highest BCUT2D eigenvalue weighted by atomic mass is 16.5. The van der Waals surface area contributed by atoms with Crippen molar-refractivity contribution in [2.45, 2.75) is 32.4 Å². The quantitative estimate of drug-likeness (QED) is 0.711. The van der Waals surface area contributed by atoms with Crippen molar-refractivity contribution in [3.63, 3.8) is 0 Å². The fraction of sp³-hybridized carbons (Fsp3) is 0.750. The molecule has 0 atom stereocenters. The first-order valence-corrected chi connectivity index (χ1v) is 6.09. The minimum atomic E-state index is 0.760. The molecule has 1 aromatic heterocycles. The van der Waals surface area contributed by atoms with Crippen molar-refractivity contribution in [2.75, 3.05) is 20.3 Å². The van der Waals surface area contributed by atoms with Crippen LogP contribution in [-0.2, 0) is 17.8 Å². The average molecular weight is 223 g/mol. The summed E-state index contributed by atoms with van der Waals surface area (Å²) in [6, 6.07) is 0. The Labute approximate surface area is 97.0 Å². The number of nitrogens with one attached hydrogen (secondary N) is 1. The van der Waals surface area contributed by atoms with Crippen LogP contribution in [0, 0.1) is 5.92 Å². The van der Waals surface area contributed by atoms with Crippen molar-refractivity contribution in [1.29, 1.82) is 0 Å². The van der Waals surface area contributed by atoms with Crippen LogP contribution in [0.4, 0.5) is 0 Å². The Morgan fingerprint density at radius 3 is 3.12 bits per heavy atom. The molecule has 90 valence electrons. The average Bonchev–Trinajstić information content (AvgIpc) is 2.67. The van der Waals surface area contributed by atoms with Crippen molar-refractivity contribution < 1.29 is 4.74 Å². The van der Waals surface area contributed by atoms with Crippen molar-refractivity contribution in [1.82, 2.24) is 15.1 Å². The first kappa shape index (κ1) is 11.6. The lowest BCUT2D eigenvalue weighted by Gasteiger charge is -2.24. The third kappa shape index (κ3) is 3.32. The van der Waals surface area contributed by atoms with Gasteiger partial charge in [-0.3, -0.25) is 4.68 Å². The number of aromatic nitrogens is 2. The topological polar surface area (TPSA) is 39.1 Å². The number of methoxy groups -OCH3 is 1. The summed E-state index contributed by atoms with van der Waals surface area (Å²) in [7, 11) is 1.72. The molecule has 0 unspecified atom stereocenters. The van der Waals surface area contributed by atoms with Crippen LogP contribution in [0.15, 0.2) is 12.4 Å². The zero-order valence-electron chi connectivity index (χ0n) is 9.98. The molecule has 0 aliphatic heterocycles. The van der Waals surface area contributed by atoms with Crippen LogP contribution in [0.5, 0.6) is 0 Å². The van der Waals surface area contributed by atoms with E-state index in [9.17, 15) is 0 Å². The number of hydrogen-bond donors (Lipinski definition) is 1. The lowest BCUT2D eigenvalue weighted by molar-refractivity contribution is 0.199. The molecule has 1 fully saturated rings. The molecule has 1 saturated carbocycles. The van der Waals surface area contributed by atoms with E-state index >= 15 is 0 Å². The van der Waals surface area contributed by atoms with Crippen LogP contribution in [0.1, 0.15) is 24.8 Å². The van der Waals surface area contributed by atoms with Gasteiger partial charge >= 0.3 is 0 Å². The molecule has 0 aromatic carbocycles. The van der Waals surface area contributed by atoms with Crippen LogP contribution in [0.25, 0.3) is 0 Å². The second-order valence-electron chi connectivity index (χ2n) is 4.54. The molecular formula is C12H21N3O. The third-order valence-corrected chi connectivity index (χ3v) is 3.17. The van der Waals surface area contributed by atoms with Crippen molar-refractivity contribution in [3.8, 4) is 0 Å². The van der Waals surface area contributed by atoms with Gasteiger partial charge in [0.1, 0.15) is 0 Å². The predicted molar refractivity (Wildman–Crippen MR) is 63.2 cm³/mol. The molecule has 4 heteroatoms. The van der Waals surface area contributed by atoms with Gasteiger partial charge in [0.15, 0.2) is 0 Å². The molecule has 1 heterocycles. The summed E-state index contributed by atoms with van der Waals surface area (Å²) < 4.78 is 7.06. The molecule has 0 bridgehead atoms. The molecule has 4 nitrogen and oxygen atoms in total. The molecule has 0 saturated heterocycles. The predicted octanol–water partition coefficient (Wildman–Crippen LogP) is 1.42. The summed E-state index contributed by atoms with van der Waals surface area (Å²) in [5.74, 6) is 0.870. The first-order chi connectivity index (χ1) is 7.88. The van der Waals surface area contributed by atoms with Gasteiger partial charge < -0.3 is 10.1 Å². The number of rotatable bonds is 7. The molecule has 1 aromatic rings. The highest BCUT2D eigenvalue weighted by Gasteiger charge is 2.17. The summed E-state index contributed by atoms with van der Waals surface area (Å²) in [6.45, 7) is 3.63. The van der Waals surface area contributed by atoms with Crippen LogP contribution in [0.2, 0.25) is 0 Å². The molecule has 1 N–H and O–H groups in total. The summed E-state index contributed by atoms with van der Waals surface area (Å²) in [5.41, 5.74) is 1.26. The van der Waals surface area contributed by atoms with Gasteiger partial charge in [-0.05, 0) is 18.8 Å². The maximum atomic E-state index is 4.98. The van der Waals surface area contributed by atoms with E-state index in [0.717, 1.165) is 32.2 Å². The smallest absolute Gasteiger partial charge is 0.0587 e. The van der Waals surface area contributed by atoms with E-state index in [2.05, 4.69) is 21.3 Å². The Morgan fingerprint density at radius 1 is 1.56 bits per heavy atom. The molecule has 0 radical (unpaired) electrons. The maximum absolute atomic E-state index is 4.98. The van der Waals surface area contributed by atoms with Gasteiger partial charge in [-0.25, -0.2) is 0 Å². The molecule has 1 aliphatic rings. The zero-order chi connectivity index (χ0) is 11.2. The van der Waals surface area contributed by atoms with Gasteiger partial charge in [0.2, 0.25) is 0 Å². The standard InChI is InChI=1S/C12H21N3O/c1-16-6-5-13-7-12-8-14-15(10-12)9-11-3-2-4-11/h8,10-11,13H,2-7,9H2,1H3. The van der Waals surface area contributed by atoms with Crippen LogP contribution < -0.4 is 5.32 Å². The number of hydrogen-bond acceptors (Lipinski definition) is 3. The molecule has 2 rings (SSSR count). The van der Waals surface area contributed by atoms with Gasteiger partial charge in [0.25, 0.3) is 0 Å². The highest BCUT2D eigenvalue weighted by Crippen LogP contribution is 2.27. The second-order valence-corrected chi connectivity index (χ2v) is 4.54. The van der Waals surface area contributed by atoms with Gasteiger partial charge in [-0.1, -0.05) is 6.42 Å². The Bertz CT molecular complexity index is 307. The van der Waals surface area contributed by atoms with E-state index in [0.29, 0.717) is 0 Å². The van der Waals surface area contributed by atoms with Crippen LogP contribution in [-0.4, -0.2) is 30.0 Å². The van der Waals surface area contributed by atoms with E-state index in [4.69, 9.17) is 4.74 Å². The van der Waals surface area contributed by atoms with Crippen molar-refractivity contribution >= 4 is 0 Å². The SMILES string of the molecule is COCCNCc1cnn(CC2CCC2)c1. The van der Waals surface area contributed by atoms with Crippen LogP contribution in [0.3, 0.4) is 0 Å². The fourth-order valence-corrected chi connectivity index (χ4v) is 1.94. The number of ether oxygens (including phenoxy) is 1. The summed E-state index contributed by atoms with van der Waals surface area (Å²) in [5, 5.41) is 7.70.